The molecule has 2 aromatic carbocycles. The van der Waals surface area contributed by atoms with Crippen LogP contribution in [0.25, 0.3) is 11.1 Å². The third-order valence-corrected chi connectivity index (χ3v) is 6.33. The van der Waals surface area contributed by atoms with Crippen molar-refractivity contribution >= 4 is 23.5 Å². The van der Waals surface area contributed by atoms with Gasteiger partial charge in [-0.3, -0.25) is 4.79 Å². The Morgan fingerprint density at radius 2 is 1.94 bits per heavy atom. The van der Waals surface area contributed by atoms with Gasteiger partial charge in [0, 0.05) is 37.0 Å². The van der Waals surface area contributed by atoms with Gasteiger partial charge in [0.1, 0.15) is 11.6 Å². The number of nitrogens with one attached hydrogen (secondary N) is 2. The number of carbonyl (C=O) groups is 1. The van der Waals surface area contributed by atoms with Gasteiger partial charge in [-0.1, -0.05) is 36.4 Å². The van der Waals surface area contributed by atoms with Crippen LogP contribution in [0.15, 0.2) is 71.8 Å². The van der Waals surface area contributed by atoms with Gasteiger partial charge in [-0.05, 0) is 59.9 Å². The molecule has 7 nitrogen and oxygen atoms in total. The molecule has 0 unspecified atom stereocenters. The van der Waals surface area contributed by atoms with Crippen LogP contribution < -0.4 is 5.32 Å². The first kappa shape index (κ1) is 23.7. The molecule has 2 aromatic heterocycles. The molecule has 0 aliphatic rings. The quantitative estimate of drug-likeness (QED) is 0.245. The van der Waals surface area contributed by atoms with Crippen molar-refractivity contribution in [1.29, 1.82) is 0 Å². The topological polar surface area (TPSA) is 92.8 Å². The maximum Gasteiger partial charge on any atom is 0.294 e. The molecule has 0 atom stereocenters. The van der Waals surface area contributed by atoms with Crippen molar-refractivity contribution in [3.05, 3.63) is 89.6 Å². The van der Waals surface area contributed by atoms with E-state index in [4.69, 9.17) is 4.74 Å². The summed E-state index contributed by atoms with van der Waals surface area (Å²) >= 11 is 1.81. The summed E-state index contributed by atoms with van der Waals surface area (Å²) in [5.41, 5.74) is 4.35. The molecule has 0 spiro atoms. The molecule has 2 N–H and O–H groups in total. The Labute approximate surface area is 203 Å². The Kier molecular flexibility index (Phi) is 8.06. The number of aryl methyl sites for hydroxylation is 1. The van der Waals surface area contributed by atoms with E-state index in [2.05, 4.69) is 50.6 Å². The number of rotatable bonds is 10. The van der Waals surface area contributed by atoms with Gasteiger partial charge < -0.3 is 15.0 Å². The maximum atomic E-state index is 12.7. The molecule has 0 saturated carbocycles. The lowest BCUT2D eigenvalue weighted by atomic mass is 10.0. The van der Waals surface area contributed by atoms with E-state index in [1.807, 2.05) is 54.2 Å². The van der Waals surface area contributed by atoms with E-state index in [1.54, 1.807) is 13.3 Å². The first-order chi connectivity index (χ1) is 16.6. The minimum absolute atomic E-state index is 0.156. The van der Waals surface area contributed by atoms with E-state index in [1.165, 1.54) is 4.90 Å². The lowest BCUT2D eigenvalue weighted by Gasteiger charge is -2.11. The predicted molar refractivity (Wildman–Crippen MR) is 135 cm³/mol. The molecule has 0 saturated heterocycles. The molecule has 0 aliphatic carbocycles. The second-order valence-electron chi connectivity index (χ2n) is 7.84. The van der Waals surface area contributed by atoms with Crippen molar-refractivity contribution in [3.8, 4) is 11.1 Å². The van der Waals surface area contributed by atoms with Gasteiger partial charge in [0.2, 0.25) is 5.82 Å². The zero-order valence-electron chi connectivity index (χ0n) is 19.2. The predicted octanol–water partition coefficient (Wildman–Crippen LogP) is 5.15. The number of pyridine rings is 1. The summed E-state index contributed by atoms with van der Waals surface area (Å²) < 4.78 is 5.13. The number of hydrogen-bond donors (Lipinski definition) is 2. The molecule has 4 rings (SSSR count). The largest absolute Gasteiger partial charge is 0.385 e. The highest BCUT2D eigenvalue weighted by molar-refractivity contribution is 7.99. The second-order valence-corrected chi connectivity index (χ2v) is 9.01. The highest BCUT2D eigenvalue weighted by atomic mass is 32.2. The summed E-state index contributed by atoms with van der Waals surface area (Å²) in [7, 11) is 1.72. The summed E-state index contributed by atoms with van der Waals surface area (Å²) in [5.74, 6) is 1.87. The fourth-order valence-electron chi connectivity index (χ4n) is 3.51. The number of ether oxygens (including phenoxy) is 1. The minimum atomic E-state index is -0.379. The van der Waals surface area contributed by atoms with Crippen molar-refractivity contribution in [1.82, 2.24) is 20.2 Å². The third kappa shape index (κ3) is 6.30. The number of aromatic amines is 1. The number of thioether (sulfide) groups is 1. The Balaban J connectivity index is 1.44. The molecule has 0 aliphatic heterocycles. The van der Waals surface area contributed by atoms with Crippen LogP contribution in [0.2, 0.25) is 0 Å². The lowest BCUT2D eigenvalue weighted by Crippen LogP contribution is -2.14. The molecule has 0 fully saturated rings. The van der Waals surface area contributed by atoms with Gasteiger partial charge in [0.25, 0.3) is 5.91 Å². The molecule has 8 heteroatoms. The Hall–Kier alpha value is -3.49. The fourth-order valence-corrected chi connectivity index (χ4v) is 4.37. The van der Waals surface area contributed by atoms with Gasteiger partial charge in [-0.25, -0.2) is 4.98 Å². The number of aromatic nitrogens is 4. The average molecular weight is 474 g/mol. The zero-order valence-corrected chi connectivity index (χ0v) is 20.1. The van der Waals surface area contributed by atoms with E-state index >= 15 is 0 Å². The number of methoxy groups -OCH3 is 1. The highest BCUT2D eigenvalue weighted by Gasteiger charge is 2.14. The van der Waals surface area contributed by atoms with Crippen LogP contribution in [-0.2, 0) is 11.2 Å². The second kappa shape index (κ2) is 11.6. The summed E-state index contributed by atoms with van der Waals surface area (Å²) in [5, 5.41) is 10.9. The van der Waals surface area contributed by atoms with Crippen LogP contribution in [-0.4, -0.2) is 45.5 Å². The smallest absolute Gasteiger partial charge is 0.294 e. The van der Waals surface area contributed by atoms with E-state index in [0.717, 1.165) is 41.0 Å². The van der Waals surface area contributed by atoms with Crippen molar-refractivity contribution in [2.45, 2.75) is 24.7 Å². The highest BCUT2D eigenvalue weighted by Crippen LogP contribution is 2.30. The maximum absolute atomic E-state index is 12.7. The zero-order chi connectivity index (χ0) is 23.8. The molecular formula is C26H27N5O2S. The standard InChI is InChI=1S/C26H27N5O2S/c1-18-9-10-21(34-14-6-13-33-2)17-22(18)20-11-12-27-23(16-20)29-26(32)25-28-24(30-31-25)15-19-7-4-3-5-8-19/h3-5,7-12,16-17H,6,13-15H2,1-2H3,(H,27,29,32)(H,28,30,31). The Bertz CT molecular complexity index is 1240. The summed E-state index contributed by atoms with van der Waals surface area (Å²) in [6.45, 7) is 2.84. The molecule has 0 bridgehead atoms. The van der Waals surface area contributed by atoms with Gasteiger partial charge in [-0.15, -0.1) is 22.0 Å². The Morgan fingerprint density at radius 1 is 1.09 bits per heavy atom. The van der Waals surface area contributed by atoms with Crippen LogP contribution in [0.3, 0.4) is 0 Å². The average Bonchev–Trinajstić information content (AvgIpc) is 3.32. The van der Waals surface area contributed by atoms with Gasteiger partial charge >= 0.3 is 0 Å². The first-order valence-electron chi connectivity index (χ1n) is 11.1. The number of nitrogens with zero attached hydrogens (tertiary/aromatic N) is 3. The first-order valence-corrected chi connectivity index (χ1v) is 12.1. The number of H-pyrrole nitrogens is 1. The Morgan fingerprint density at radius 3 is 2.76 bits per heavy atom. The lowest BCUT2D eigenvalue weighted by molar-refractivity contribution is 0.101. The van der Waals surface area contributed by atoms with Crippen molar-refractivity contribution in [2.75, 3.05) is 24.8 Å². The van der Waals surface area contributed by atoms with Gasteiger partial charge in [-0.2, -0.15) is 0 Å². The number of hydrogen-bond acceptors (Lipinski definition) is 6. The van der Waals surface area contributed by atoms with Crippen LogP contribution in [0, 0.1) is 6.92 Å². The van der Waals surface area contributed by atoms with Crippen molar-refractivity contribution in [3.63, 3.8) is 0 Å². The third-order valence-electron chi connectivity index (χ3n) is 5.25. The van der Waals surface area contributed by atoms with E-state index < -0.39 is 0 Å². The number of benzene rings is 2. The van der Waals surface area contributed by atoms with Gasteiger partial charge in [0.15, 0.2) is 0 Å². The van der Waals surface area contributed by atoms with E-state index in [-0.39, 0.29) is 11.7 Å². The normalized spacial score (nSPS) is 10.9. The SMILES string of the molecule is COCCCSc1ccc(C)c(-c2ccnc(NC(=O)c3nnc(Cc4ccccc4)[nH]3)c2)c1. The van der Waals surface area contributed by atoms with Crippen LogP contribution in [0.4, 0.5) is 5.82 Å². The number of amides is 1. The monoisotopic (exact) mass is 473 g/mol. The van der Waals surface area contributed by atoms with E-state index in [0.29, 0.717) is 18.1 Å². The fraction of sp³-hybridized carbons (Fsp3) is 0.231. The van der Waals surface area contributed by atoms with Gasteiger partial charge in [0.05, 0.1) is 0 Å². The molecular weight excluding hydrogens is 446 g/mol. The molecule has 4 aromatic rings. The molecule has 0 radical (unpaired) electrons. The summed E-state index contributed by atoms with van der Waals surface area (Å²) in [4.78, 5) is 21.2. The molecule has 174 valence electrons. The summed E-state index contributed by atoms with van der Waals surface area (Å²) in [6.07, 6.45) is 3.28. The van der Waals surface area contributed by atoms with Crippen LogP contribution >= 0.6 is 11.8 Å². The molecule has 1 amide bonds. The molecule has 2 heterocycles. The van der Waals surface area contributed by atoms with E-state index in [9.17, 15) is 4.79 Å². The number of carbonyl (C=O) groups excluding carboxylic acids is 1. The van der Waals surface area contributed by atoms with Crippen LogP contribution in [0.5, 0.6) is 0 Å². The minimum Gasteiger partial charge on any atom is -0.385 e. The van der Waals surface area contributed by atoms with Crippen LogP contribution in [0.1, 0.15) is 34.0 Å². The van der Waals surface area contributed by atoms with Crippen molar-refractivity contribution < 1.29 is 9.53 Å². The van der Waals surface area contributed by atoms with Crippen molar-refractivity contribution in [2.24, 2.45) is 0 Å². The number of anilines is 1. The molecule has 34 heavy (non-hydrogen) atoms. The summed E-state index contributed by atoms with van der Waals surface area (Å²) in [6, 6.07) is 20.2.